The van der Waals surface area contributed by atoms with Crippen LogP contribution in [-0.4, -0.2) is 79.7 Å². The lowest BCUT2D eigenvalue weighted by molar-refractivity contribution is -0.384. The highest BCUT2D eigenvalue weighted by Crippen LogP contribution is 2.51. The van der Waals surface area contributed by atoms with Crippen LogP contribution in [0.25, 0.3) is 0 Å². The predicted octanol–water partition coefficient (Wildman–Crippen LogP) is 6.02. The molecule has 2 fully saturated rings. The molecular weight excluding hydrogens is 781 g/mol. The topological polar surface area (TPSA) is 186 Å². The Labute approximate surface area is 342 Å². The molecule has 1 aromatic heterocycles. The first-order valence-electron chi connectivity index (χ1n) is 18.3. The molecule has 4 unspecified atom stereocenters. The average Bonchev–Trinajstić information content (AvgIpc) is 3.69. The molecule has 0 spiro atoms. The van der Waals surface area contributed by atoms with E-state index in [2.05, 4.69) is 15.8 Å². The van der Waals surface area contributed by atoms with E-state index in [0.29, 0.717) is 10.7 Å². The molecule has 7 rings (SSSR count). The van der Waals surface area contributed by atoms with Gasteiger partial charge in [-0.3, -0.25) is 24.6 Å². The molecule has 2 amide bonds. The van der Waals surface area contributed by atoms with Crippen LogP contribution in [0.5, 0.6) is 0 Å². The van der Waals surface area contributed by atoms with Crippen molar-refractivity contribution in [2.75, 3.05) is 18.2 Å². The summed E-state index contributed by atoms with van der Waals surface area (Å²) in [5.41, 5.74) is -1.38. The van der Waals surface area contributed by atoms with E-state index in [1.807, 2.05) is 91.0 Å². The third-order valence-electron chi connectivity index (χ3n) is 9.84. The second-order valence-electron chi connectivity index (χ2n) is 14.7. The normalized spacial score (nSPS) is 20.6. The van der Waals surface area contributed by atoms with E-state index in [9.17, 15) is 29.6 Å². The zero-order valence-electron chi connectivity index (χ0n) is 31.9. The largest absolute Gasteiger partial charge is 0.456 e. The van der Waals surface area contributed by atoms with Gasteiger partial charge in [-0.25, -0.2) is 9.78 Å². The molecule has 4 atom stereocenters. The van der Waals surface area contributed by atoms with Gasteiger partial charge in [-0.15, -0.1) is 23.1 Å². The van der Waals surface area contributed by atoms with Gasteiger partial charge in [-0.1, -0.05) is 108 Å². The highest BCUT2D eigenvalue weighted by molar-refractivity contribution is 7.99. The van der Waals surface area contributed by atoms with Crippen molar-refractivity contribution in [1.29, 1.82) is 0 Å². The summed E-state index contributed by atoms with van der Waals surface area (Å²) in [6.07, 6.45) is 0. The summed E-state index contributed by atoms with van der Waals surface area (Å²) >= 11 is 2.42. The number of aliphatic hydroxyl groups is 1. The smallest absolute Gasteiger partial charge is 0.362 e. The zero-order valence-corrected chi connectivity index (χ0v) is 33.5. The van der Waals surface area contributed by atoms with Crippen molar-refractivity contribution in [2.24, 2.45) is 5.16 Å². The SMILES string of the molecule is CON=C(C(=O)NC1C(=O)N2C1CSC(c1ccc([N+](=O)[O-])cc1)C2(O)C(=O)OC(C)(C)C)c1csc(NC(c2ccccc2)(c2ccccc2)c2ccccc2)n1. The van der Waals surface area contributed by atoms with Gasteiger partial charge in [-0.2, -0.15) is 0 Å². The molecule has 2 aliphatic rings. The first kappa shape index (κ1) is 40.1. The molecule has 58 heavy (non-hydrogen) atoms. The first-order valence-corrected chi connectivity index (χ1v) is 20.2. The molecule has 3 N–H and O–H groups in total. The van der Waals surface area contributed by atoms with Gasteiger partial charge in [0.05, 0.1) is 16.2 Å². The van der Waals surface area contributed by atoms with Crippen LogP contribution in [0.4, 0.5) is 10.8 Å². The number of hydrogen-bond acceptors (Lipinski definition) is 13. The Hall–Kier alpha value is -6.10. The summed E-state index contributed by atoms with van der Waals surface area (Å²) in [5, 5.41) is 35.0. The van der Waals surface area contributed by atoms with Crippen molar-refractivity contribution in [3.05, 3.63) is 159 Å². The highest BCUT2D eigenvalue weighted by atomic mass is 32.2. The number of anilines is 1. The molecule has 4 aromatic carbocycles. The van der Waals surface area contributed by atoms with Crippen molar-refractivity contribution in [1.82, 2.24) is 15.2 Å². The number of benzene rings is 4. The third-order valence-corrected chi connectivity index (χ3v) is 12.1. The maximum Gasteiger partial charge on any atom is 0.362 e. The van der Waals surface area contributed by atoms with E-state index >= 15 is 0 Å². The second-order valence-corrected chi connectivity index (χ2v) is 16.6. The Morgan fingerprint density at radius 3 is 1.98 bits per heavy atom. The molecule has 0 saturated carbocycles. The van der Waals surface area contributed by atoms with Gasteiger partial charge < -0.3 is 25.3 Å². The zero-order chi connectivity index (χ0) is 41.2. The molecule has 2 aliphatic heterocycles. The van der Waals surface area contributed by atoms with Crippen LogP contribution in [0.3, 0.4) is 0 Å². The van der Waals surface area contributed by atoms with E-state index < -0.39 is 56.9 Å². The van der Waals surface area contributed by atoms with Crippen molar-refractivity contribution in [2.45, 2.75) is 55.0 Å². The van der Waals surface area contributed by atoms with E-state index in [0.717, 1.165) is 21.6 Å². The average molecular weight is 821 g/mol. The number of carbonyl (C=O) groups is 3. The van der Waals surface area contributed by atoms with E-state index in [1.165, 1.54) is 54.5 Å². The number of ether oxygens (including phenoxy) is 1. The minimum atomic E-state index is -2.50. The number of oxime groups is 1. The lowest BCUT2D eigenvalue weighted by Gasteiger charge is -2.58. The van der Waals surface area contributed by atoms with Crippen LogP contribution in [0.2, 0.25) is 0 Å². The summed E-state index contributed by atoms with van der Waals surface area (Å²) in [7, 11) is 1.29. The van der Waals surface area contributed by atoms with Crippen molar-refractivity contribution in [3.8, 4) is 0 Å². The van der Waals surface area contributed by atoms with Crippen LogP contribution >= 0.6 is 23.1 Å². The molecule has 0 radical (unpaired) electrons. The Morgan fingerprint density at radius 2 is 1.48 bits per heavy atom. The van der Waals surface area contributed by atoms with Gasteiger partial charge in [-0.05, 0) is 43.0 Å². The lowest BCUT2D eigenvalue weighted by Crippen LogP contribution is -2.82. The number of thioether (sulfide) groups is 1. The number of β-lactam (4-membered cyclic amide) rings is 1. The summed E-state index contributed by atoms with van der Waals surface area (Å²) in [6.45, 7) is 4.89. The molecule has 0 aliphatic carbocycles. The number of amides is 2. The minimum Gasteiger partial charge on any atom is -0.456 e. The molecule has 16 heteroatoms. The van der Waals surface area contributed by atoms with Gasteiger partial charge >= 0.3 is 5.97 Å². The summed E-state index contributed by atoms with van der Waals surface area (Å²) in [4.78, 5) is 63.4. The summed E-state index contributed by atoms with van der Waals surface area (Å²) in [6, 6.07) is 33.3. The molecule has 5 aromatic rings. The number of aromatic nitrogens is 1. The van der Waals surface area contributed by atoms with E-state index in [4.69, 9.17) is 14.6 Å². The number of nitro groups is 1. The van der Waals surface area contributed by atoms with Crippen molar-refractivity contribution in [3.63, 3.8) is 0 Å². The van der Waals surface area contributed by atoms with Gasteiger partial charge in [0.25, 0.3) is 17.3 Å². The highest BCUT2D eigenvalue weighted by Gasteiger charge is 2.67. The Bertz CT molecular complexity index is 2240. The van der Waals surface area contributed by atoms with Crippen LogP contribution < -0.4 is 10.6 Å². The summed E-state index contributed by atoms with van der Waals surface area (Å²) in [5.74, 6) is -2.36. The third kappa shape index (κ3) is 7.41. The number of nitrogens with zero attached hydrogens (tertiary/aromatic N) is 4. The number of hydrogen-bond donors (Lipinski definition) is 3. The standard InChI is InChI=1S/C42H40N6O8S2/c1-40(2,3)56-38(51)42(52)35(26-20-22-30(23-21-26)48(53)54)57-25-32-34(37(50)47(32)42)44-36(49)33(46-55-4)31-24-58-39(43-31)45-41(27-14-8-5-9-15-27,28-16-10-6-11-17-28)29-18-12-7-13-19-29/h5-24,32,34-35,52H,25H2,1-4H3,(H,43,45)(H,44,49). The summed E-state index contributed by atoms with van der Waals surface area (Å²) < 4.78 is 5.62. The van der Waals surface area contributed by atoms with Gasteiger partial charge in [0.15, 0.2) is 10.8 Å². The van der Waals surface area contributed by atoms with Crippen molar-refractivity contribution >= 4 is 57.4 Å². The van der Waals surface area contributed by atoms with Crippen LogP contribution in [-0.2, 0) is 29.5 Å². The molecule has 0 bridgehead atoms. The number of fused-ring (bicyclic) bond motifs is 1. The monoisotopic (exact) mass is 820 g/mol. The van der Waals surface area contributed by atoms with Crippen LogP contribution in [0, 0.1) is 10.1 Å². The minimum absolute atomic E-state index is 0.175. The van der Waals surface area contributed by atoms with Crippen molar-refractivity contribution < 1.29 is 34.0 Å². The number of thiazole rings is 1. The fourth-order valence-corrected chi connectivity index (χ4v) is 9.55. The van der Waals surface area contributed by atoms with Gasteiger partial charge in [0.1, 0.15) is 30.0 Å². The number of nitro benzene ring substituents is 1. The number of esters is 1. The maximum absolute atomic E-state index is 14.0. The van der Waals surface area contributed by atoms with Gasteiger partial charge in [0.2, 0.25) is 5.91 Å². The fourth-order valence-electron chi connectivity index (χ4n) is 7.28. The Kier molecular flexibility index (Phi) is 11.1. The van der Waals surface area contributed by atoms with Crippen LogP contribution in [0.15, 0.2) is 126 Å². The number of non-ortho nitro benzene ring substituents is 1. The van der Waals surface area contributed by atoms with Gasteiger partial charge in [0, 0.05) is 23.3 Å². The fraction of sp³-hybridized carbons (Fsp3) is 0.262. The van der Waals surface area contributed by atoms with E-state index in [-0.39, 0.29) is 22.8 Å². The van der Waals surface area contributed by atoms with E-state index in [1.54, 1.807) is 26.2 Å². The molecular formula is C42H40N6O8S2. The number of nitrogens with one attached hydrogen (secondary N) is 2. The molecule has 3 heterocycles. The Morgan fingerprint density at radius 1 is 0.931 bits per heavy atom. The quantitative estimate of drug-likeness (QED) is 0.0334. The maximum atomic E-state index is 14.0. The molecule has 298 valence electrons. The molecule has 2 saturated heterocycles. The lowest BCUT2D eigenvalue weighted by atomic mass is 9.77. The second kappa shape index (κ2) is 16.0. The van der Waals surface area contributed by atoms with Crippen LogP contribution in [0.1, 0.15) is 54.0 Å². The molecule has 14 nitrogen and oxygen atoms in total. The Balaban J connectivity index is 1.16. The predicted molar refractivity (Wildman–Crippen MR) is 220 cm³/mol. The number of rotatable bonds is 12. The first-order chi connectivity index (χ1) is 27.8. The number of carbonyl (C=O) groups excluding carboxylic acids is 3.